The molecule has 104 valence electrons. The summed E-state index contributed by atoms with van der Waals surface area (Å²) < 4.78 is 5.11. The molecule has 3 nitrogen and oxygen atoms in total. The molecule has 1 rings (SSSR count). The van der Waals surface area contributed by atoms with Gasteiger partial charge >= 0.3 is 5.97 Å². The Morgan fingerprint density at radius 2 is 1.74 bits per heavy atom. The summed E-state index contributed by atoms with van der Waals surface area (Å²) in [4.78, 5) is 16.7. The zero-order valence-corrected chi connectivity index (χ0v) is 12.7. The van der Waals surface area contributed by atoms with Crippen molar-refractivity contribution in [3.8, 4) is 0 Å². The quantitative estimate of drug-likeness (QED) is 0.609. The highest BCUT2D eigenvalue weighted by Crippen LogP contribution is 2.27. The van der Waals surface area contributed by atoms with Crippen LogP contribution in [0, 0.1) is 19.3 Å². The highest BCUT2D eigenvalue weighted by Gasteiger charge is 2.27. The van der Waals surface area contributed by atoms with E-state index in [4.69, 9.17) is 4.74 Å². The van der Waals surface area contributed by atoms with E-state index in [9.17, 15) is 4.79 Å². The minimum absolute atomic E-state index is 0.336. The smallest absolute Gasteiger partial charge is 0.353 e. The maximum absolute atomic E-state index is 12.1. The van der Waals surface area contributed by atoms with Crippen LogP contribution in [-0.4, -0.2) is 18.3 Å². The molecule has 0 aliphatic rings. The summed E-state index contributed by atoms with van der Waals surface area (Å²) in [5.74, 6) is -0.336. The molecule has 0 atom stereocenters. The second-order valence-corrected chi connectivity index (χ2v) is 5.67. The molecule has 0 saturated carbocycles. The first-order valence-corrected chi connectivity index (χ1v) is 6.60. The molecule has 19 heavy (non-hydrogen) atoms. The number of hydrogen-bond donors (Lipinski definition) is 0. The number of rotatable bonds is 3. The molecule has 0 fully saturated rings. The lowest BCUT2D eigenvalue weighted by Gasteiger charge is -2.20. The molecule has 1 aromatic carbocycles. The summed E-state index contributed by atoms with van der Waals surface area (Å²) in [6.45, 7) is 12.1. The number of benzene rings is 1. The Morgan fingerprint density at radius 3 is 2.16 bits per heavy atom. The summed E-state index contributed by atoms with van der Waals surface area (Å²) in [7, 11) is 0. The summed E-state index contributed by atoms with van der Waals surface area (Å²) in [6, 6.07) is 5.99. The predicted molar refractivity (Wildman–Crippen MR) is 79.1 cm³/mol. The van der Waals surface area contributed by atoms with E-state index in [-0.39, 0.29) is 11.4 Å². The summed E-state index contributed by atoms with van der Waals surface area (Å²) in [5.41, 5.74) is 3.10. The van der Waals surface area contributed by atoms with Gasteiger partial charge in [-0.1, -0.05) is 39.0 Å². The third-order valence-electron chi connectivity index (χ3n) is 2.84. The standard InChI is InChI=1S/C16H23NO2/c1-7-19-15(18)14(16(4,5)6)17-13-11(2)9-8-10-12(13)3/h8-10H,7H2,1-6H3. The van der Waals surface area contributed by atoms with Crippen LogP contribution in [0.1, 0.15) is 38.8 Å². The van der Waals surface area contributed by atoms with Crippen LogP contribution in [0.3, 0.4) is 0 Å². The Kier molecular flexibility index (Phi) is 4.87. The molecular formula is C16H23NO2. The minimum atomic E-state index is -0.346. The molecule has 0 radical (unpaired) electrons. The Balaban J connectivity index is 3.32. The van der Waals surface area contributed by atoms with E-state index in [1.54, 1.807) is 6.92 Å². The van der Waals surface area contributed by atoms with Crippen molar-refractivity contribution in [2.24, 2.45) is 10.4 Å². The fourth-order valence-electron chi connectivity index (χ4n) is 1.81. The van der Waals surface area contributed by atoms with Crippen LogP contribution in [0.25, 0.3) is 0 Å². The van der Waals surface area contributed by atoms with E-state index in [0.29, 0.717) is 12.3 Å². The largest absolute Gasteiger partial charge is 0.461 e. The normalized spacial score (nSPS) is 12.4. The number of aryl methyl sites for hydroxylation is 2. The fourth-order valence-corrected chi connectivity index (χ4v) is 1.81. The molecule has 0 heterocycles. The van der Waals surface area contributed by atoms with Gasteiger partial charge in [0.1, 0.15) is 5.71 Å². The molecule has 0 N–H and O–H groups in total. The molecule has 0 unspecified atom stereocenters. The maximum Gasteiger partial charge on any atom is 0.353 e. The Labute approximate surface area is 115 Å². The third-order valence-corrected chi connectivity index (χ3v) is 2.84. The van der Waals surface area contributed by atoms with Gasteiger partial charge in [0.2, 0.25) is 0 Å². The minimum Gasteiger partial charge on any atom is -0.461 e. The molecule has 3 heteroatoms. The van der Waals surface area contributed by atoms with E-state index in [0.717, 1.165) is 16.8 Å². The van der Waals surface area contributed by atoms with Crippen molar-refractivity contribution in [2.75, 3.05) is 6.61 Å². The van der Waals surface area contributed by atoms with Crippen LogP contribution < -0.4 is 0 Å². The highest BCUT2D eigenvalue weighted by molar-refractivity contribution is 6.38. The highest BCUT2D eigenvalue weighted by atomic mass is 16.5. The van der Waals surface area contributed by atoms with Crippen LogP contribution in [0.5, 0.6) is 0 Å². The van der Waals surface area contributed by atoms with Gasteiger partial charge in [0, 0.05) is 5.41 Å². The van der Waals surface area contributed by atoms with Gasteiger partial charge in [-0.25, -0.2) is 9.79 Å². The van der Waals surface area contributed by atoms with Crippen molar-refractivity contribution in [3.63, 3.8) is 0 Å². The van der Waals surface area contributed by atoms with Crippen LogP contribution in [0.2, 0.25) is 0 Å². The first-order chi connectivity index (χ1) is 8.77. The van der Waals surface area contributed by atoms with Crippen molar-refractivity contribution < 1.29 is 9.53 Å². The molecule has 0 aromatic heterocycles. The predicted octanol–water partition coefficient (Wildman–Crippen LogP) is 3.99. The maximum atomic E-state index is 12.1. The topological polar surface area (TPSA) is 38.7 Å². The van der Waals surface area contributed by atoms with Crippen molar-refractivity contribution in [3.05, 3.63) is 29.3 Å². The van der Waals surface area contributed by atoms with Gasteiger partial charge in [-0.05, 0) is 31.9 Å². The van der Waals surface area contributed by atoms with E-state index in [1.165, 1.54) is 0 Å². The van der Waals surface area contributed by atoms with Crippen LogP contribution in [0.4, 0.5) is 5.69 Å². The van der Waals surface area contributed by atoms with Crippen molar-refractivity contribution in [2.45, 2.75) is 41.5 Å². The third kappa shape index (κ3) is 3.91. The number of carbonyl (C=O) groups excluding carboxylic acids is 1. The molecule has 0 bridgehead atoms. The lowest BCUT2D eigenvalue weighted by molar-refractivity contribution is -0.135. The van der Waals surface area contributed by atoms with Crippen LogP contribution in [0.15, 0.2) is 23.2 Å². The Hall–Kier alpha value is -1.64. The number of aliphatic imine (C=N–C) groups is 1. The monoisotopic (exact) mass is 261 g/mol. The van der Waals surface area contributed by atoms with Crippen molar-refractivity contribution in [1.82, 2.24) is 0 Å². The second kappa shape index (κ2) is 6.00. The Bertz CT molecular complexity index is 476. The molecule has 0 aliphatic heterocycles. The number of hydrogen-bond acceptors (Lipinski definition) is 3. The average molecular weight is 261 g/mol. The summed E-state index contributed by atoms with van der Waals surface area (Å²) in [5, 5.41) is 0. The fraction of sp³-hybridized carbons (Fsp3) is 0.500. The van der Waals surface area contributed by atoms with Crippen molar-refractivity contribution >= 4 is 17.4 Å². The van der Waals surface area contributed by atoms with Gasteiger partial charge in [-0.2, -0.15) is 0 Å². The zero-order chi connectivity index (χ0) is 14.6. The molecule has 0 amide bonds. The SMILES string of the molecule is CCOC(=O)C(=Nc1c(C)cccc1C)C(C)(C)C. The first-order valence-electron chi connectivity index (χ1n) is 6.60. The number of nitrogens with zero attached hydrogens (tertiary/aromatic N) is 1. The molecule has 0 spiro atoms. The van der Waals surface area contributed by atoms with Crippen LogP contribution >= 0.6 is 0 Å². The van der Waals surface area contributed by atoms with E-state index >= 15 is 0 Å². The van der Waals surface area contributed by atoms with E-state index in [1.807, 2.05) is 52.8 Å². The lowest BCUT2D eigenvalue weighted by Crippen LogP contribution is -2.30. The van der Waals surface area contributed by atoms with Gasteiger partial charge < -0.3 is 4.74 Å². The lowest BCUT2D eigenvalue weighted by atomic mass is 9.89. The van der Waals surface area contributed by atoms with Gasteiger partial charge in [0.15, 0.2) is 0 Å². The van der Waals surface area contributed by atoms with Crippen LogP contribution in [-0.2, 0) is 9.53 Å². The summed E-state index contributed by atoms with van der Waals surface area (Å²) >= 11 is 0. The number of carbonyl (C=O) groups is 1. The molecular weight excluding hydrogens is 238 g/mol. The summed E-state index contributed by atoms with van der Waals surface area (Å²) in [6.07, 6.45) is 0. The van der Waals surface area contributed by atoms with Crippen molar-refractivity contribution in [1.29, 1.82) is 0 Å². The molecule has 0 aliphatic carbocycles. The number of para-hydroxylation sites is 1. The first kappa shape index (κ1) is 15.4. The number of ether oxygens (including phenoxy) is 1. The van der Waals surface area contributed by atoms with Gasteiger partial charge in [-0.15, -0.1) is 0 Å². The average Bonchev–Trinajstić information content (AvgIpc) is 2.26. The van der Waals surface area contributed by atoms with Gasteiger partial charge in [-0.3, -0.25) is 0 Å². The molecule has 0 saturated heterocycles. The zero-order valence-electron chi connectivity index (χ0n) is 12.7. The Morgan fingerprint density at radius 1 is 1.21 bits per heavy atom. The molecule has 1 aromatic rings. The van der Waals surface area contributed by atoms with E-state index in [2.05, 4.69) is 4.99 Å². The second-order valence-electron chi connectivity index (χ2n) is 5.67. The van der Waals surface area contributed by atoms with Gasteiger partial charge in [0.05, 0.1) is 12.3 Å². The number of esters is 1. The van der Waals surface area contributed by atoms with E-state index < -0.39 is 0 Å². The van der Waals surface area contributed by atoms with Gasteiger partial charge in [0.25, 0.3) is 0 Å².